The molecule has 1 atom stereocenters. The Morgan fingerprint density at radius 2 is 2.00 bits per heavy atom. The highest BCUT2D eigenvalue weighted by Crippen LogP contribution is 2.28. The Kier molecular flexibility index (Phi) is 4.85. The van der Waals surface area contributed by atoms with Crippen LogP contribution in [0.4, 0.5) is 5.69 Å². The molecule has 0 aliphatic carbocycles. The topological polar surface area (TPSA) is 42.4 Å². The van der Waals surface area contributed by atoms with E-state index in [0.29, 0.717) is 6.54 Å². The van der Waals surface area contributed by atoms with Crippen LogP contribution in [0.5, 0.6) is 0 Å². The van der Waals surface area contributed by atoms with Crippen molar-refractivity contribution in [3.63, 3.8) is 0 Å². The van der Waals surface area contributed by atoms with Crippen molar-refractivity contribution in [2.45, 2.75) is 33.2 Å². The zero-order valence-corrected chi connectivity index (χ0v) is 12.6. The zero-order valence-electron chi connectivity index (χ0n) is 12.6. The van der Waals surface area contributed by atoms with Crippen LogP contribution < -0.4 is 10.6 Å². The Morgan fingerprint density at radius 1 is 1.20 bits per heavy atom. The number of aryl methyl sites for hydroxylation is 2. The van der Waals surface area contributed by atoms with Gasteiger partial charge in [-0.05, 0) is 43.7 Å². The van der Waals surface area contributed by atoms with E-state index in [2.05, 4.69) is 56.0 Å². The van der Waals surface area contributed by atoms with Crippen LogP contribution in [-0.2, 0) is 6.42 Å². The Morgan fingerprint density at radius 3 is 2.55 bits per heavy atom. The summed E-state index contributed by atoms with van der Waals surface area (Å²) < 4.78 is 5.90. The molecule has 2 N–H and O–H groups in total. The minimum atomic E-state index is 0.0853. The van der Waals surface area contributed by atoms with Crippen molar-refractivity contribution in [3.8, 4) is 0 Å². The van der Waals surface area contributed by atoms with Gasteiger partial charge in [-0.3, -0.25) is 0 Å². The van der Waals surface area contributed by atoms with Crippen LogP contribution in [-0.4, -0.2) is 13.1 Å². The molecule has 2 rings (SSSR count). The van der Waals surface area contributed by atoms with Gasteiger partial charge in [0.05, 0.1) is 6.04 Å². The molecule has 0 spiro atoms. The fraction of sp³-hybridized carbons (Fsp3) is 0.412. The van der Waals surface area contributed by atoms with Crippen LogP contribution in [0.25, 0.3) is 0 Å². The van der Waals surface area contributed by atoms with Crippen molar-refractivity contribution in [1.29, 1.82) is 0 Å². The normalized spacial score (nSPS) is 12.4. The van der Waals surface area contributed by atoms with Crippen molar-refractivity contribution in [2.24, 2.45) is 5.73 Å². The van der Waals surface area contributed by atoms with Crippen molar-refractivity contribution in [3.05, 3.63) is 53.5 Å². The molecule has 108 valence electrons. The SMILES string of the molecule is CCc1ccc(C(CN)N(CC)c2cccc(C)c2)o1. The first-order valence-electron chi connectivity index (χ1n) is 7.31. The minimum Gasteiger partial charge on any atom is -0.464 e. The van der Waals surface area contributed by atoms with Gasteiger partial charge in [0, 0.05) is 25.2 Å². The molecule has 0 aliphatic heterocycles. The highest BCUT2D eigenvalue weighted by atomic mass is 16.3. The number of hydrogen-bond acceptors (Lipinski definition) is 3. The predicted octanol–water partition coefficient (Wildman–Crippen LogP) is 3.68. The summed E-state index contributed by atoms with van der Waals surface area (Å²) in [5.74, 6) is 1.96. The van der Waals surface area contributed by atoms with E-state index >= 15 is 0 Å². The van der Waals surface area contributed by atoms with Gasteiger partial charge in [0.15, 0.2) is 0 Å². The molecule has 1 aromatic carbocycles. The monoisotopic (exact) mass is 272 g/mol. The fourth-order valence-electron chi connectivity index (χ4n) is 2.55. The number of anilines is 1. The lowest BCUT2D eigenvalue weighted by molar-refractivity contribution is 0.426. The van der Waals surface area contributed by atoms with Gasteiger partial charge >= 0.3 is 0 Å². The molecule has 20 heavy (non-hydrogen) atoms. The standard InChI is InChI=1S/C17H24N2O/c1-4-15-9-10-17(20-15)16(12-18)19(5-2)14-8-6-7-13(3)11-14/h6-11,16H,4-5,12,18H2,1-3H3. The number of hydrogen-bond donors (Lipinski definition) is 1. The summed E-state index contributed by atoms with van der Waals surface area (Å²) in [6.45, 7) is 7.79. The number of rotatable bonds is 6. The van der Waals surface area contributed by atoms with Crippen LogP contribution in [0.1, 0.15) is 37.0 Å². The quantitative estimate of drug-likeness (QED) is 0.872. The van der Waals surface area contributed by atoms with Gasteiger partial charge in [0.25, 0.3) is 0 Å². The zero-order chi connectivity index (χ0) is 14.5. The highest BCUT2D eigenvalue weighted by Gasteiger charge is 2.21. The molecule has 0 aliphatic rings. The van der Waals surface area contributed by atoms with E-state index < -0.39 is 0 Å². The average Bonchev–Trinajstić information content (AvgIpc) is 2.93. The first-order valence-corrected chi connectivity index (χ1v) is 7.31. The van der Waals surface area contributed by atoms with Crippen LogP contribution in [0.3, 0.4) is 0 Å². The van der Waals surface area contributed by atoms with E-state index in [9.17, 15) is 0 Å². The molecule has 3 heteroatoms. The maximum Gasteiger partial charge on any atom is 0.127 e. The second-order valence-corrected chi connectivity index (χ2v) is 5.03. The van der Waals surface area contributed by atoms with E-state index in [4.69, 9.17) is 10.2 Å². The summed E-state index contributed by atoms with van der Waals surface area (Å²) in [5, 5.41) is 0. The third-order valence-electron chi connectivity index (χ3n) is 3.63. The average molecular weight is 272 g/mol. The van der Waals surface area contributed by atoms with Gasteiger partial charge < -0.3 is 15.1 Å². The molecule has 1 aromatic heterocycles. The van der Waals surface area contributed by atoms with Crippen molar-refractivity contribution in [1.82, 2.24) is 0 Å². The van der Waals surface area contributed by atoms with E-state index in [-0.39, 0.29) is 6.04 Å². The Hall–Kier alpha value is -1.74. The first-order chi connectivity index (χ1) is 9.69. The number of furan rings is 1. The molecule has 0 saturated carbocycles. The minimum absolute atomic E-state index is 0.0853. The lowest BCUT2D eigenvalue weighted by Gasteiger charge is -2.31. The summed E-state index contributed by atoms with van der Waals surface area (Å²) in [4.78, 5) is 2.30. The summed E-state index contributed by atoms with van der Waals surface area (Å²) >= 11 is 0. The molecule has 1 unspecified atom stereocenters. The third-order valence-corrected chi connectivity index (χ3v) is 3.63. The van der Waals surface area contributed by atoms with E-state index in [1.54, 1.807) is 0 Å². The van der Waals surface area contributed by atoms with Crippen LogP contribution in [0, 0.1) is 6.92 Å². The summed E-state index contributed by atoms with van der Waals surface area (Å²) in [5.41, 5.74) is 8.45. The second-order valence-electron chi connectivity index (χ2n) is 5.03. The molecular formula is C17H24N2O. The second kappa shape index (κ2) is 6.62. The lowest BCUT2D eigenvalue weighted by Crippen LogP contribution is -2.33. The number of likely N-dealkylation sites (N-methyl/N-ethyl adjacent to an activating group) is 1. The fourth-order valence-corrected chi connectivity index (χ4v) is 2.55. The maximum atomic E-state index is 6.01. The van der Waals surface area contributed by atoms with E-state index in [1.165, 1.54) is 11.3 Å². The Labute approximate surface area is 121 Å². The largest absolute Gasteiger partial charge is 0.464 e. The first kappa shape index (κ1) is 14.7. The molecule has 0 fully saturated rings. The summed E-state index contributed by atoms with van der Waals surface area (Å²) in [6.07, 6.45) is 0.911. The Balaban J connectivity index is 2.32. The molecule has 0 saturated heterocycles. The maximum absolute atomic E-state index is 6.01. The molecule has 3 nitrogen and oxygen atoms in total. The number of nitrogens with two attached hydrogens (primary N) is 1. The summed E-state index contributed by atoms with van der Waals surface area (Å²) in [7, 11) is 0. The van der Waals surface area contributed by atoms with Crippen molar-refractivity contribution < 1.29 is 4.42 Å². The van der Waals surface area contributed by atoms with Gasteiger partial charge in [-0.15, -0.1) is 0 Å². The molecule has 1 heterocycles. The Bertz CT molecular complexity index is 547. The van der Waals surface area contributed by atoms with Crippen molar-refractivity contribution >= 4 is 5.69 Å². The molecule has 0 bridgehead atoms. The van der Waals surface area contributed by atoms with E-state index in [0.717, 1.165) is 24.5 Å². The van der Waals surface area contributed by atoms with Gasteiger partial charge in [-0.2, -0.15) is 0 Å². The molecular weight excluding hydrogens is 248 g/mol. The van der Waals surface area contributed by atoms with Crippen LogP contribution in [0.2, 0.25) is 0 Å². The highest BCUT2D eigenvalue weighted by molar-refractivity contribution is 5.50. The smallest absolute Gasteiger partial charge is 0.127 e. The summed E-state index contributed by atoms with van der Waals surface area (Å²) in [6, 6.07) is 12.7. The van der Waals surface area contributed by atoms with Crippen LogP contribution in [0.15, 0.2) is 40.8 Å². The van der Waals surface area contributed by atoms with Crippen LogP contribution >= 0.6 is 0 Å². The number of benzene rings is 1. The number of nitrogens with zero attached hydrogens (tertiary/aromatic N) is 1. The van der Waals surface area contributed by atoms with Gasteiger partial charge in [-0.1, -0.05) is 19.1 Å². The molecule has 0 radical (unpaired) electrons. The third kappa shape index (κ3) is 3.05. The molecule has 2 aromatic rings. The van der Waals surface area contributed by atoms with Gasteiger partial charge in [-0.25, -0.2) is 0 Å². The molecule has 0 amide bonds. The lowest BCUT2D eigenvalue weighted by atomic mass is 10.1. The predicted molar refractivity (Wildman–Crippen MR) is 84.1 cm³/mol. The van der Waals surface area contributed by atoms with Crippen molar-refractivity contribution in [2.75, 3.05) is 18.0 Å². The van der Waals surface area contributed by atoms with E-state index in [1.807, 2.05) is 6.07 Å². The van der Waals surface area contributed by atoms with Gasteiger partial charge in [0.1, 0.15) is 11.5 Å². The van der Waals surface area contributed by atoms with Gasteiger partial charge in [0.2, 0.25) is 0 Å².